The maximum atomic E-state index is 12.0. The Kier molecular flexibility index (Phi) is 4.17. The molecule has 1 rings (SSSR count). The molecule has 1 aromatic carbocycles. The molecular weight excluding hydrogens is 206 g/mol. The van der Waals surface area contributed by atoms with Gasteiger partial charge in [0, 0.05) is 13.1 Å². The zero-order chi connectivity index (χ0) is 12.1. The van der Waals surface area contributed by atoms with E-state index in [1.165, 1.54) is 7.11 Å². The van der Waals surface area contributed by atoms with Crippen LogP contribution in [0.5, 0.6) is 11.5 Å². The van der Waals surface area contributed by atoms with Crippen LogP contribution in [0.15, 0.2) is 18.2 Å². The molecule has 1 N–H and O–H groups in total. The van der Waals surface area contributed by atoms with Gasteiger partial charge in [0.15, 0.2) is 11.5 Å². The van der Waals surface area contributed by atoms with E-state index >= 15 is 0 Å². The van der Waals surface area contributed by atoms with Crippen LogP contribution < -0.4 is 4.74 Å². The Balaban J connectivity index is 3.08. The highest BCUT2D eigenvalue weighted by Crippen LogP contribution is 2.30. The highest BCUT2D eigenvalue weighted by molar-refractivity contribution is 5.97. The molecule has 0 heterocycles. The molecule has 0 spiro atoms. The third-order valence-corrected chi connectivity index (χ3v) is 2.50. The van der Waals surface area contributed by atoms with E-state index in [0.717, 1.165) is 0 Å². The number of aromatic hydroxyl groups is 1. The summed E-state index contributed by atoms with van der Waals surface area (Å²) in [5.74, 6) is 0.0429. The zero-order valence-electron chi connectivity index (χ0n) is 9.86. The average molecular weight is 223 g/mol. The van der Waals surface area contributed by atoms with Crippen LogP contribution in [-0.4, -0.2) is 36.1 Å². The lowest BCUT2D eigenvalue weighted by Gasteiger charge is -2.19. The van der Waals surface area contributed by atoms with Crippen molar-refractivity contribution in [3.05, 3.63) is 23.8 Å². The molecule has 0 unspecified atom stereocenters. The van der Waals surface area contributed by atoms with Gasteiger partial charge in [0.1, 0.15) is 0 Å². The molecule has 0 aliphatic heterocycles. The standard InChI is InChI=1S/C12H17NO3/c1-4-13(5-2)12(15)9-7-6-8-10(16-3)11(9)14/h6-8,14H,4-5H2,1-3H3. The molecule has 0 radical (unpaired) electrons. The first-order valence-corrected chi connectivity index (χ1v) is 5.30. The first-order chi connectivity index (χ1) is 7.65. The van der Waals surface area contributed by atoms with Crippen LogP contribution >= 0.6 is 0 Å². The van der Waals surface area contributed by atoms with Crippen LogP contribution in [0, 0.1) is 0 Å². The molecule has 0 aromatic heterocycles. The van der Waals surface area contributed by atoms with Crippen LogP contribution in [0.3, 0.4) is 0 Å². The molecule has 88 valence electrons. The second-order valence-corrected chi connectivity index (χ2v) is 3.33. The maximum absolute atomic E-state index is 12.0. The summed E-state index contributed by atoms with van der Waals surface area (Å²) >= 11 is 0. The van der Waals surface area contributed by atoms with Crippen molar-refractivity contribution in [3.63, 3.8) is 0 Å². The highest BCUT2D eigenvalue weighted by Gasteiger charge is 2.18. The van der Waals surface area contributed by atoms with Crippen molar-refractivity contribution < 1.29 is 14.6 Å². The molecule has 4 nitrogen and oxygen atoms in total. The van der Waals surface area contributed by atoms with Gasteiger partial charge >= 0.3 is 0 Å². The summed E-state index contributed by atoms with van der Waals surface area (Å²) in [4.78, 5) is 13.7. The van der Waals surface area contributed by atoms with E-state index in [0.29, 0.717) is 18.8 Å². The van der Waals surface area contributed by atoms with E-state index in [-0.39, 0.29) is 17.2 Å². The summed E-state index contributed by atoms with van der Waals surface area (Å²) in [7, 11) is 1.46. The summed E-state index contributed by atoms with van der Waals surface area (Å²) in [6.45, 7) is 5.04. The highest BCUT2D eigenvalue weighted by atomic mass is 16.5. The van der Waals surface area contributed by atoms with Crippen LogP contribution in [0.25, 0.3) is 0 Å². The lowest BCUT2D eigenvalue weighted by Crippen LogP contribution is -2.30. The lowest BCUT2D eigenvalue weighted by atomic mass is 10.1. The molecule has 1 amide bonds. The second kappa shape index (κ2) is 5.39. The quantitative estimate of drug-likeness (QED) is 0.847. The molecule has 0 aliphatic rings. The fourth-order valence-electron chi connectivity index (χ4n) is 1.54. The van der Waals surface area contributed by atoms with Crippen LogP contribution in [0.2, 0.25) is 0 Å². The topological polar surface area (TPSA) is 49.8 Å². The van der Waals surface area contributed by atoms with Crippen molar-refractivity contribution in [1.82, 2.24) is 4.90 Å². The van der Waals surface area contributed by atoms with Crippen molar-refractivity contribution >= 4 is 5.91 Å². The number of hydrogen-bond donors (Lipinski definition) is 1. The number of para-hydroxylation sites is 1. The number of amides is 1. The minimum Gasteiger partial charge on any atom is -0.504 e. The number of phenolic OH excluding ortho intramolecular Hbond substituents is 1. The number of hydrogen-bond acceptors (Lipinski definition) is 3. The van der Waals surface area contributed by atoms with Crippen molar-refractivity contribution in [1.29, 1.82) is 0 Å². The normalized spacial score (nSPS) is 9.94. The van der Waals surface area contributed by atoms with E-state index in [2.05, 4.69) is 0 Å². The number of rotatable bonds is 4. The second-order valence-electron chi connectivity index (χ2n) is 3.33. The molecule has 0 fully saturated rings. The van der Waals surface area contributed by atoms with Gasteiger partial charge in [-0.05, 0) is 26.0 Å². The summed E-state index contributed by atoms with van der Waals surface area (Å²) in [6.07, 6.45) is 0. The minimum absolute atomic E-state index is 0.0955. The van der Waals surface area contributed by atoms with Gasteiger partial charge in [0.2, 0.25) is 0 Å². The summed E-state index contributed by atoms with van der Waals surface area (Å²) < 4.78 is 4.96. The van der Waals surface area contributed by atoms with E-state index in [1.807, 2.05) is 13.8 Å². The van der Waals surface area contributed by atoms with Gasteiger partial charge < -0.3 is 14.7 Å². The van der Waals surface area contributed by atoms with Crippen molar-refractivity contribution in [2.75, 3.05) is 20.2 Å². The first kappa shape index (κ1) is 12.4. The Morgan fingerprint density at radius 3 is 2.50 bits per heavy atom. The number of phenols is 1. The van der Waals surface area contributed by atoms with E-state index < -0.39 is 0 Å². The molecule has 0 saturated heterocycles. The molecule has 4 heteroatoms. The van der Waals surface area contributed by atoms with Gasteiger partial charge in [0.05, 0.1) is 12.7 Å². The van der Waals surface area contributed by atoms with Gasteiger partial charge in [0.25, 0.3) is 5.91 Å². The first-order valence-electron chi connectivity index (χ1n) is 5.30. The van der Waals surface area contributed by atoms with Gasteiger partial charge in [-0.3, -0.25) is 4.79 Å². The van der Waals surface area contributed by atoms with Gasteiger partial charge in [-0.2, -0.15) is 0 Å². The summed E-state index contributed by atoms with van der Waals surface area (Å²) in [6, 6.07) is 4.90. The Labute approximate surface area is 95.5 Å². The van der Waals surface area contributed by atoms with Gasteiger partial charge in [-0.15, -0.1) is 0 Å². The molecule has 0 bridgehead atoms. The summed E-state index contributed by atoms with van der Waals surface area (Å²) in [5.41, 5.74) is 0.281. The van der Waals surface area contributed by atoms with Crippen molar-refractivity contribution in [2.45, 2.75) is 13.8 Å². The Morgan fingerprint density at radius 1 is 1.38 bits per heavy atom. The van der Waals surface area contributed by atoms with Crippen LogP contribution in [0.4, 0.5) is 0 Å². The molecule has 1 aromatic rings. The lowest BCUT2D eigenvalue weighted by molar-refractivity contribution is 0.0769. The van der Waals surface area contributed by atoms with E-state index in [9.17, 15) is 9.90 Å². The number of carbonyl (C=O) groups excluding carboxylic acids is 1. The molecule has 0 atom stereocenters. The van der Waals surface area contributed by atoms with Crippen molar-refractivity contribution in [2.24, 2.45) is 0 Å². The number of ether oxygens (including phenoxy) is 1. The van der Waals surface area contributed by atoms with E-state index in [1.54, 1.807) is 23.1 Å². The van der Waals surface area contributed by atoms with Gasteiger partial charge in [-0.25, -0.2) is 0 Å². The molecule has 0 aliphatic carbocycles. The summed E-state index contributed by atoms with van der Waals surface area (Å²) in [5, 5.41) is 9.83. The SMILES string of the molecule is CCN(CC)C(=O)c1cccc(OC)c1O. The minimum atomic E-state index is -0.179. The fourth-order valence-corrected chi connectivity index (χ4v) is 1.54. The zero-order valence-corrected chi connectivity index (χ0v) is 9.86. The molecule has 0 saturated carbocycles. The maximum Gasteiger partial charge on any atom is 0.257 e. The van der Waals surface area contributed by atoms with Crippen LogP contribution in [-0.2, 0) is 0 Å². The largest absolute Gasteiger partial charge is 0.504 e. The number of carbonyl (C=O) groups is 1. The number of methoxy groups -OCH3 is 1. The Hall–Kier alpha value is -1.71. The molecule has 16 heavy (non-hydrogen) atoms. The fraction of sp³-hybridized carbons (Fsp3) is 0.417. The van der Waals surface area contributed by atoms with Crippen molar-refractivity contribution in [3.8, 4) is 11.5 Å². The average Bonchev–Trinajstić information content (AvgIpc) is 2.30. The smallest absolute Gasteiger partial charge is 0.257 e. The monoisotopic (exact) mass is 223 g/mol. The number of nitrogens with zero attached hydrogens (tertiary/aromatic N) is 1. The van der Waals surface area contributed by atoms with Crippen LogP contribution in [0.1, 0.15) is 24.2 Å². The van der Waals surface area contributed by atoms with E-state index in [4.69, 9.17) is 4.74 Å². The molecular formula is C12H17NO3. The Morgan fingerprint density at radius 2 is 2.00 bits per heavy atom. The Bertz CT molecular complexity index is 373. The number of benzene rings is 1. The predicted octanol–water partition coefficient (Wildman–Crippen LogP) is 1.88. The third-order valence-electron chi connectivity index (χ3n) is 2.50. The predicted molar refractivity (Wildman–Crippen MR) is 61.9 cm³/mol. The van der Waals surface area contributed by atoms with Gasteiger partial charge in [-0.1, -0.05) is 6.07 Å². The third kappa shape index (κ3) is 2.27.